The number of aromatic nitrogens is 2. The fraction of sp³-hybridized carbons (Fsp3) is 0.308. The summed E-state index contributed by atoms with van der Waals surface area (Å²) in [5.41, 5.74) is 4.33. The minimum Gasteiger partial charge on any atom is -0.493 e. The number of aryl methyl sites for hydroxylation is 2. The number of rotatable bonds is 6. The Bertz CT molecular complexity index is 1470. The number of hydrazone groups is 1. The van der Waals surface area contributed by atoms with E-state index in [9.17, 15) is 9.59 Å². The molecule has 34 heavy (non-hydrogen) atoms. The van der Waals surface area contributed by atoms with Crippen LogP contribution in [-0.4, -0.2) is 28.3 Å². The number of thiophene rings is 1. The van der Waals surface area contributed by atoms with E-state index < -0.39 is 6.04 Å². The van der Waals surface area contributed by atoms with E-state index in [1.807, 2.05) is 43.3 Å². The molecule has 174 valence electrons. The van der Waals surface area contributed by atoms with E-state index in [1.165, 1.54) is 15.8 Å². The molecule has 7 nitrogen and oxygen atoms in total. The van der Waals surface area contributed by atoms with Gasteiger partial charge in [-0.3, -0.25) is 14.2 Å². The zero-order valence-corrected chi connectivity index (χ0v) is 20.0. The van der Waals surface area contributed by atoms with Crippen LogP contribution < -0.4 is 15.7 Å². The largest absolute Gasteiger partial charge is 0.493 e. The summed E-state index contributed by atoms with van der Waals surface area (Å²) in [4.78, 5) is 32.7. The fourth-order valence-electron chi connectivity index (χ4n) is 4.51. The molecule has 5 rings (SSSR count). The number of hydrogen-bond donors (Lipinski definition) is 1. The first-order chi connectivity index (χ1) is 16.6. The summed E-state index contributed by atoms with van der Waals surface area (Å²) < 4.78 is 7.16. The highest BCUT2D eigenvalue weighted by Crippen LogP contribution is 2.33. The third kappa shape index (κ3) is 3.98. The van der Waals surface area contributed by atoms with Crippen molar-refractivity contribution in [3.8, 4) is 5.75 Å². The summed E-state index contributed by atoms with van der Waals surface area (Å²) in [5, 5.41) is 6.90. The molecule has 0 radical (unpaired) electrons. The topological polar surface area (TPSA) is 85.6 Å². The SMILES string of the molecule is CCOc1ccc2ccccc2c1C=NNC(=O)C(C)n1cnc2sc3c(c2c1=O)CCCC3. The molecule has 2 heterocycles. The maximum Gasteiger partial charge on any atom is 0.263 e. The lowest BCUT2D eigenvalue weighted by atomic mass is 9.97. The van der Waals surface area contributed by atoms with Crippen LogP contribution in [0.25, 0.3) is 21.0 Å². The number of carbonyl (C=O) groups excluding carboxylic acids is 1. The Morgan fingerprint density at radius 2 is 2.09 bits per heavy atom. The summed E-state index contributed by atoms with van der Waals surface area (Å²) in [6.07, 6.45) is 7.19. The second-order valence-electron chi connectivity index (χ2n) is 8.39. The normalized spacial score (nSPS) is 14.4. The van der Waals surface area contributed by atoms with E-state index in [-0.39, 0.29) is 11.5 Å². The van der Waals surface area contributed by atoms with Gasteiger partial charge in [-0.05, 0) is 61.9 Å². The summed E-state index contributed by atoms with van der Waals surface area (Å²) in [5.74, 6) is 0.308. The van der Waals surface area contributed by atoms with Gasteiger partial charge in [-0.2, -0.15) is 5.10 Å². The average molecular weight is 475 g/mol. The smallest absolute Gasteiger partial charge is 0.263 e. The van der Waals surface area contributed by atoms with Crippen molar-refractivity contribution in [1.29, 1.82) is 0 Å². The van der Waals surface area contributed by atoms with Crippen LogP contribution in [0.4, 0.5) is 0 Å². The Morgan fingerprint density at radius 1 is 1.26 bits per heavy atom. The van der Waals surface area contributed by atoms with E-state index >= 15 is 0 Å². The molecule has 2 aromatic heterocycles. The molecule has 1 atom stereocenters. The van der Waals surface area contributed by atoms with Gasteiger partial charge in [-0.1, -0.05) is 30.3 Å². The summed E-state index contributed by atoms with van der Waals surface area (Å²) >= 11 is 1.60. The van der Waals surface area contributed by atoms with E-state index in [0.717, 1.165) is 52.4 Å². The lowest BCUT2D eigenvalue weighted by Crippen LogP contribution is -2.34. The first-order valence-electron chi connectivity index (χ1n) is 11.6. The molecule has 1 unspecified atom stereocenters. The Morgan fingerprint density at radius 3 is 2.94 bits per heavy atom. The second kappa shape index (κ2) is 9.38. The van der Waals surface area contributed by atoms with Crippen molar-refractivity contribution in [1.82, 2.24) is 15.0 Å². The lowest BCUT2D eigenvalue weighted by molar-refractivity contribution is -0.123. The molecular formula is C26H26N4O3S. The van der Waals surface area contributed by atoms with Gasteiger partial charge in [0.05, 0.1) is 24.5 Å². The molecule has 1 amide bonds. The third-order valence-electron chi connectivity index (χ3n) is 6.30. The van der Waals surface area contributed by atoms with E-state index in [2.05, 4.69) is 15.5 Å². The first kappa shape index (κ1) is 22.3. The molecule has 8 heteroatoms. The van der Waals surface area contributed by atoms with Gasteiger partial charge < -0.3 is 4.74 Å². The van der Waals surface area contributed by atoms with Crippen LogP contribution in [0.5, 0.6) is 5.75 Å². The summed E-state index contributed by atoms with van der Waals surface area (Å²) in [6, 6.07) is 11.1. The number of nitrogens with zero attached hydrogens (tertiary/aromatic N) is 3. The Balaban J connectivity index is 1.40. The monoisotopic (exact) mass is 474 g/mol. The van der Waals surface area contributed by atoms with Crippen molar-refractivity contribution in [2.45, 2.75) is 45.6 Å². The van der Waals surface area contributed by atoms with Crippen LogP contribution in [0.2, 0.25) is 0 Å². The maximum atomic E-state index is 13.3. The van der Waals surface area contributed by atoms with E-state index in [1.54, 1.807) is 24.5 Å². The van der Waals surface area contributed by atoms with Gasteiger partial charge in [0.2, 0.25) is 0 Å². The van der Waals surface area contributed by atoms with Crippen molar-refractivity contribution in [3.63, 3.8) is 0 Å². The van der Waals surface area contributed by atoms with Gasteiger partial charge in [0.1, 0.15) is 16.6 Å². The van der Waals surface area contributed by atoms with Crippen molar-refractivity contribution < 1.29 is 9.53 Å². The number of hydrogen-bond acceptors (Lipinski definition) is 6. The predicted octanol–water partition coefficient (Wildman–Crippen LogP) is 4.60. The Hall–Kier alpha value is -3.52. The second-order valence-corrected chi connectivity index (χ2v) is 9.47. The number of nitrogens with one attached hydrogen (secondary N) is 1. The quantitative estimate of drug-likeness (QED) is 0.327. The number of fused-ring (bicyclic) bond motifs is 4. The number of benzene rings is 2. The zero-order chi connectivity index (χ0) is 23.7. The highest BCUT2D eigenvalue weighted by atomic mass is 32.1. The van der Waals surface area contributed by atoms with Crippen LogP contribution in [0.1, 0.15) is 48.7 Å². The molecule has 2 aromatic carbocycles. The maximum absolute atomic E-state index is 13.3. The van der Waals surface area contributed by atoms with Crippen LogP contribution >= 0.6 is 11.3 Å². The van der Waals surface area contributed by atoms with E-state index in [4.69, 9.17) is 4.74 Å². The molecule has 0 spiro atoms. The molecule has 0 saturated heterocycles. The number of ether oxygens (including phenoxy) is 1. The van der Waals surface area contributed by atoms with Crippen molar-refractivity contribution in [2.75, 3.05) is 6.61 Å². The molecule has 0 fully saturated rings. The molecule has 0 saturated carbocycles. The van der Waals surface area contributed by atoms with Crippen LogP contribution in [0.15, 0.2) is 52.6 Å². The molecule has 1 aliphatic rings. The molecule has 4 aromatic rings. The molecular weight excluding hydrogens is 448 g/mol. The van der Waals surface area contributed by atoms with Gasteiger partial charge in [0, 0.05) is 10.4 Å². The van der Waals surface area contributed by atoms with Gasteiger partial charge in [-0.15, -0.1) is 11.3 Å². The first-order valence-corrected chi connectivity index (χ1v) is 12.4. The Kier molecular flexibility index (Phi) is 6.15. The third-order valence-corrected chi connectivity index (χ3v) is 7.50. The fourth-order valence-corrected chi connectivity index (χ4v) is 5.72. The predicted molar refractivity (Wildman–Crippen MR) is 136 cm³/mol. The number of carbonyl (C=O) groups is 1. The summed E-state index contributed by atoms with van der Waals surface area (Å²) in [6.45, 7) is 4.13. The minimum atomic E-state index is -0.750. The Labute approximate surface area is 201 Å². The molecule has 1 N–H and O–H groups in total. The molecule has 0 bridgehead atoms. The van der Waals surface area contributed by atoms with Gasteiger partial charge in [-0.25, -0.2) is 10.4 Å². The molecule has 1 aliphatic carbocycles. The van der Waals surface area contributed by atoms with Crippen LogP contribution in [-0.2, 0) is 17.6 Å². The van der Waals surface area contributed by atoms with E-state index in [0.29, 0.717) is 17.7 Å². The average Bonchev–Trinajstić information content (AvgIpc) is 3.24. The van der Waals surface area contributed by atoms with Crippen LogP contribution in [0.3, 0.4) is 0 Å². The standard InChI is InChI=1S/C26H26N4O3S/c1-3-33-21-13-12-17-8-4-5-9-18(17)20(21)14-28-29-24(31)16(2)30-15-27-25-23(26(30)32)19-10-6-7-11-22(19)34-25/h4-5,8-9,12-16H,3,6-7,10-11H2,1-2H3,(H,29,31). The van der Waals surface area contributed by atoms with Gasteiger partial charge in [0.25, 0.3) is 11.5 Å². The number of amides is 1. The molecule has 0 aliphatic heterocycles. The highest BCUT2D eigenvalue weighted by molar-refractivity contribution is 7.18. The van der Waals surface area contributed by atoms with Crippen molar-refractivity contribution >= 4 is 44.4 Å². The van der Waals surface area contributed by atoms with Gasteiger partial charge >= 0.3 is 0 Å². The lowest BCUT2D eigenvalue weighted by Gasteiger charge is -2.14. The van der Waals surface area contributed by atoms with Crippen molar-refractivity contribution in [2.24, 2.45) is 5.10 Å². The van der Waals surface area contributed by atoms with Crippen LogP contribution in [0, 0.1) is 0 Å². The zero-order valence-electron chi connectivity index (χ0n) is 19.2. The highest BCUT2D eigenvalue weighted by Gasteiger charge is 2.23. The van der Waals surface area contributed by atoms with Crippen molar-refractivity contribution in [3.05, 3.63) is 69.1 Å². The summed E-state index contributed by atoms with van der Waals surface area (Å²) in [7, 11) is 0. The van der Waals surface area contributed by atoms with Gasteiger partial charge in [0.15, 0.2) is 0 Å². The minimum absolute atomic E-state index is 0.163.